The molecule has 2 atom stereocenters. The number of hydrogen-bond donors (Lipinski definition) is 1. The summed E-state index contributed by atoms with van der Waals surface area (Å²) in [6.07, 6.45) is 1.27. The van der Waals surface area contributed by atoms with Crippen molar-refractivity contribution in [3.63, 3.8) is 0 Å². The summed E-state index contributed by atoms with van der Waals surface area (Å²) in [5, 5.41) is 3.47. The first kappa shape index (κ1) is 9.22. The first-order chi connectivity index (χ1) is 6.25. The number of rotatable bonds is 1. The average Bonchev–Trinajstić information content (AvgIpc) is 2.53. The number of hydrogen-bond acceptors (Lipinski definition) is 1. The normalized spacial score (nSPS) is 27.8. The highest BCUT2D eigenvalue weighted by Gasteiger charge is 2.21. The van der Waals surface area contributed by atoms with Gasteiger partial charge in [0.25, 0.3) is 0 Å². The molecule has 1 N–H and O–H groups in total. The van der Waals surface area contributed by atoms with Gasteiger partial charge < -0.3 is 5.32 Å². The van der Waals surface area contributed by atoms with Gasteiger partial charge in [0.1, 0.15) is 0 Å². The van der Waals surface area contributed by atoms with E-state index in [4.69, 9.17) is 0 Å². The second kappa shape index (κ2) is 3.81. The predicted octanol–water partition coefficient (Wildman–Crippen LogP) is 2.91. The van der Waals surface area contributed by atoms with E-state index in [-0.39, 0.29) is 0 Å². The quantitative estimate of drug-likeness (QED) is 0.795. The molecule has 1 aliphatic rings. The maximum atomic E-state index is 3.47. The first-order valence-corrected chi connectivity index (χ1v) is 5.54. The zero-order chi connectivity index (χ0) is 9.26. The molecule has 0 amide bonds. The van der Waals surface area contributed by atoms with Crippen molar-refractivity contribution in [1.29, 1.82) is 0 Å². The predicted molar refractivity (Wildman–Crippen MR) is 59.0 cm³/mol. The lowest BCUT2D eigenvalue weighted by Crippen LogP contribution is -2.16. The third kappa shape index (κ3) is 2.12. The summed E-state index contributed by atoms with van der Waals surface area (Å²) in [7, 11) is 0. The standard InChI is InChI=1S/C11H14BrN/c1-8-6-10(7-13-8)9-2-4-11(12)5-3-9/h2-5,8,10,13H,6-7H2,1H3/t8-,10-/m0/s1. The lowest BCUT2D eigenvalue weighted by atomic mass is 9.97. The molecular formula is C11H14BrN. The zero-order valence-electron chi connectivity index (χ0n) is 7.76. The van der Waals surface area contributed by atoms with Gasteiger partial charge in [-0.25, -0.2) is 0 Å². The maximum absolute atomic E-state index is 3.47. The van der Waals surface area contributed by atoms with Crippen molar-refractivity contribution in [2.24, 2.45) is 0 Å². The van der Waals surface area contributed by atoms with Crippen LogP contribution in [0.5, 0.6) is 0 Å². The van der Waals surface area contributed by atoms with Crippen molar-refractivity contribution < 1.29 is 0 Å². The van der Waals surface area contributed by atoms with Crippen molar-refractivity contribution in [1.82, 2.24) is 5.32 Å². The molecule has 1 heterocycles. The molecule has 0 radical (unpaired) electrons. The summed E-state index contributed by atoms with van der Waals surface area (Å²) in [6, 6.07) is 9.35. The Kier molecular flexibility index (Phi) is 2.70. The van der Waals surface area contributed by atoms with Crippen LogP contribution in [0.3, 0.4) is 0 Å². The van der Waals surface area contributed by atoms with E-state index in [1.165, 1.54) is 12.0 Å². The van der Waals surface area contributed by atoms with Crippen LogP contribution in [-0.4, -0.2) is 12.6 Å². The lowest BCUT2D eigenvalue weighted by Gasteiger charge is -2.08. The van der Waals surface area contributed by atoms with Gasteiger partial charge in [-0.05, 0) is 37.0 Å². The van der Waals surface area contributed by atoms with Crippen molar-refractivity contribution in [3.05, 3.63) is 34.3 Å². The van der Waals surface area contributed by atoms with Crippen LogP contribution < -0.4 is 5.32 Å². The van der Waals surface area contributed by atoms with Gasteiger partial charge in [-0.2, -0.15) is 0 Å². The topological polar surface area (TPSA) is 12.0 Å². The van der Waals surface area contributed by atoms with Crippen molar-refractivity contribution in [2.75, 3.05) is 6.54 Å². The van der Waals surface area contributed by atoms with Gasteiger partial charge in [0, 0.05) is 17.1 Å². The fourth-order valence-electron chi connectivity index (χ4n) is 1.93. The van der Waals surface area contributed by atoms with Crippen LogP contribution in [0, 0.1) is 0 Å². The second-order valence-electron chi connectivity index (χ2n) is 3.79. The van der Waals surface area contributed by atoms with E-state index in [2.05, 4.69) is 52.4 Å². The van der Waals surface area contributed by atoms with Gasteiger partial charge in [0.15, 0.2) is 0 Å². The molecule has 0 unspecified atom stereocenters. The van der Waals surface area contributed by atoms with Crippen molar-refractivity contribution >= 4 is 15.9 Å². The van der Waals surface area contributed by atoms with Crippen LogP contribution in [0.4, 0.5) is 0 Å². The highest BCUT2D eigenvalue weighted by Crippen LogP contribution is 2.26. The molecule has 1 aromatic carbocycles. The minimum absolute atomic E-state index is 0.675. The molecule has 0 aromatic heterocycles. The highest BCUT2D eigenvalue weighted by molar-refractivity contribution is 9.10. The van der Waals surface area contributed by atoms with E-state index in [0.717, 1.165) is 11.0 Å². The van der Waals surface area contributed by atoms with Crippen molar-refractivity contribution in [2.45, 2.75) is 25.3 Å². The molecule has 0 bridgehead atoms. The summed E-state index contributed by atoms with van der Waals surface area (Å²) < 4.78 is 1.16. The Morgan fingerprint density at radius 2 is 2.00 bits per heavy atom. The Morgan fingerprint density at radius 1 is 1.31 bits per heavy atom. The van der Waals surface area contributed by atoms with Crippen LogP contribution in [0.15, 0.2) is 28.7 Å². The minimum atomic E-state index is 0.675. The minimum Gasteiger partial charge on any atom is -0.314 e. The van der Waals surface area contributed by atoms with E-state index < -0.39 is 0 Å². The van der Waals surface area contributed by atoms with Crippen LogP contribution in [0.1, 0.15) is 24.8 Å². The molecule has 2 heteroatoms. The summed E-state index contributed by atoms with van der Waals surface area (Å²) >= 11 is 3.45. The van der Waals surface area contributed by atoms with E-state index in [9.17, 15) is 0 Å². The summed E-state index contributed by atoms with van der Waals surface area (Å²) in [5.74, 6) is 0.711. The monoisotopic (exact) mass is 239 g/mol. The molecular weight excluding hydrogens is 226 g/mol. The fraction of sp³-hybridized carbons (Fsp3) is 0.455. The van der Waals surface area contributed by atoms with Gasteiger partial charge in [-0.1, -0.05) is 28.1 Å². The smallest absolute Gasteiger partial charge is 0.0175 e. The maximum Gasteiger partial charge on any atom is 0.0175 e. The van der Waals surface area contributed by atoms with E-state index >= 15 is 0 Å². The van der Waals surface area contributed by atoms with E-state index in [1.807, 2.05) is 0 Å². The van der Waals surface area contributed by atoms with Crippen molar-refractivity contribution in [3.8, 4) is 0 Å². The molecule has 1 nitrogen and oxygen atoms in total. The van der Waals surface area contributed by atoms with Gasteiger partial charge in [0.2, 0.25) is 0 Å². The Hall–Kier alpha value is -0.340. The van der Waals surface area contributed by atoms with Crippen LogP contribution in [-0.2, 0) is 0 Å². The largest absolute Gasteiger partial charge is 0.314 e. The first-order valence-electron chi connectivity index (χ1n) is 4.74. The van der Waals surface area contributed by atoms with Gasteiger partial charge in [-0.15, -0.1) is 0 Å². The third-order valence-corrected chi connectivity index (χ3v) is 3.22. The molecule has 1 saturated heterocycles. The lowest BCUT2D eigenvalue weighted by molar-refractivity contribution is 0.658. The number of halogens is 1. The number of nitrogens with one attached hydrogen (secondary N) is 1. The van der Waals surface area contributed by atoms with Crippen LogP contribution in [0.2, 0.25) is 0 Å². The van der Waals surface area contributed by atoms with Gasteiger partial charge in [0.05, 0.1) is 0 Å². The highest BCUT2D eigenvalue weighted by atomic mass is 79.9. The molecule has 0 spiro atoms. The van der Waals surface area contributed by atoms with E-state index in [0.29, 0.717) is 12.0 Å². The molecule has 0 saturated carbocycles. The molecule has 70 valence electrons. The fourth-order valence-corrected chi connectivity index (χ4v) is 2.19. The summed E-state index contributed by atoms with van der Waals surface area (Å²) in [5.41, 5.74) is 1.46. The molecule has 1 aromatic rings. The molecule has 2 rings (SSSR count). The SMILES string of the molecule is C[C@H]1C[C@H](c2ccc(Br)cc2)CN1. The number of benzene rings is 1. The van der Waals surface area contributed by atoms with Crippen LogP contribution in [0.25, 0.3) is 0 Å². The Balaban J connectivity index is 2.13. The summed E-state index contributed by atoms with van der Waals surface area (Å²) in [4.78, 5) is 0. The molecule has 1 fully saturated rings. The summed E-state index contributed by atoms with van der Waals surface area (Å²) in [6.45, 7) is 3.38. The molecule has 0 aliphatic carbocycles. The van der Waals surface area contributed by atoms with Crippen LogP contribution >= 0.6 is 15.9 Å². The van der Waals surface area contributed by atoms with Gasteiger partial charge in [-0.3, -0.25) is 0 Å². The van der Waals surface area contributed by atoms with Gasteiger partial charge >= 0.3 is 0 Å². The Morgan fingerprint density at radius 3 is 2.54 bits per heavy atom. The Bertz CT molecular complexity index is 281. The zero-order valence-corrected chi connectivity index (χ0v) is 9.34. The second-order valence-corrected chi connectivity index (χ2v) is 4.71. The third-order valence-electron chi connectivity index (χ3n) is 2.69. The molecule has 13 heavy (non-hydrogen) atoms. The average molecular weight is 240 g/mol. The molecule has 1 aliphatic heterocycles. The van der Waals surface area contributed by atoms with E-state index in [1.54, 1.807) is 0 Å². The Labute approximate surface area is 87.7 Å².